The van der Waals surface area contributed by atoms with Gasteiger partial charge in [0.2, 0.25) is 0 Å². The maximum atomic E-state index is 6.19. The summed E-state index contributed by atoms with van der Waals surface area (Å²) >= 11 is 0. The number of hydrogen-bond donors (Lipinski definition) is 1. The largest absolute Gasteiger partial charge is 0.453 e. The van der Waals surface area contributed by atoms with Crippen LogP contribution in [0.1, 0.15) is 23.2 Å². The molecule has 6 aromatic carbocycles. The summed E-state index contributed by atoms with van der Waals surface area (Å²) in [6, 6.07) is 51.1. The number of fused-ring (bicyclic) bond motifs is 4. The number of nitrogens with one attached hydrogen (secondary N) is 1. The Morgan fingerprint density at radius 1 is 0.372 bits per heavy atom. The smallest absolute Gasteiger partial charge is 0.151 e. The zero-order valence-corrected chi connectivity index (χ0v) is 23.2. The molecule has 1 fully saturated rings. The fourth-order valence-corrected chi connectivity index (χ4v) is 6.34. The lowest BCUT2D eigenvalue weighted by atomic mass is 10.0. The van der Waals surface area contributed by atoms with Gasteiger partial charge in [0.05, 0.1) is 34.8 Å². The van der Waals surface area contributed by atoms with Crippen LogP contribution in [0.4, 0.5) is 34.1 Å². The van der Waals surface area contributed by atoms with E-state index < -0.39 is 0 Å². The molecule has 1 saturated heterocycles. The molecular weight excluding hydrogens is 530 g/mol. The minimum Gasteiger partial charge on any atom is -0.453 e. The molecule has 0 saturated carbocycles. The summed E-state index contributed by atoms with van der Waals surface area (Å²) in [4.78, 5) is 4.55. The summed E-state index contributed by atoms with van der Waals surface area (Å²) in [6.45, 7) is 0. The monoisotopic (exact) mass is 557 g/mol. The molecule has 43 heavy (non-hydrogen) atoms. The Labute approximate surface area is 250 Å². The van der Waals surface area contributed by atoms with Crippen molar-refractivity contribution in [1.29, 1.82) is 0 Å². The number of rotatable bonds is 4. The molecule has 3 heterocycles. The van der Waals surface area contributed by atoms with Gasteiger partial charge in [0, 0.05) is 11.4 Å². The molecule has 2 atom stereocenters. The number of ether oxygens (including phenoxy) is 2. The van der Waals surface area contributed by atoms with Gasteiger partial charge in [-0.25, -0.2) is 0 Å². The molecule has 0 amide bonds. The van der Waals surface area contributed by atoms with Crippen LogP contribution in [0.2, 0.25) is 0 Å². The second-order valence-electron chi connectivity index (χ2n) is 11.1. The van der Waals surface area contributed by atoms with Gasteiger partial charge < -0.3 is 19.3 Å². The SMILES string of the molecule is c1ccc2c(c1)Oc1ccccc1N2c1ccc(C2NC2c2ccc(N3c4ccccc4Oc4ccccc43)cc2)cc1. The third kappa shape index (κ3) is 3.97. The van der Waals surface area contributed by atoms with Crippen molar-refractivity contribution >= 4 is 34.1 Å². The van der Waals surface area contributed by atoms with Gasteiger partial charge in [0.1, 0.15) is 0 Å². The minimum absolute atomic E-state index is 0.286. The summed E-state index contributed by atoms with van der Waals surface area (Å²) < 4.78 is 12.4. The standard InChI is InChI=1S/C38H27N3O2/c1-5-13-33-29(9-1)40(30-10-2-6-14-34(30)42-33)27-21-17-25(18-22-27)37-38(39-37)26-19-23-28(24-20-26)41-31-11-3-7-15-35(31)43-36-16-8-4-12-32(36)41/h1-24,37-39H. The molecule has 6 aromatic rings. The molecule has 206 valence electrons. The van der Waals surface area contributed by atoms with E-state index >= 15 is 0 Å². The molecule has 0 bridgehead atoms. The fourth-order valence-electron chi connectivity index (χ4n) is 6.34. The number of benzene rings is 6. The molecule has 0 aromatic heterocycles. The molecular formula is C38H27N3O2. The van der Waals surface area contributed by atoms with E-state index in [1.165, 1.54) is 11.1 Å². The van der Waals surface area contributed by atoms with Crippen molar-refractivity contribution in [3.8, 4) is 23.0 Å². The number of nitrogens with zero attached hydrogens (tertiary/aromatic N) is 2. The first-order valence-corrected chi connectivity index (χ1v) is 14.6. The fraction of sp³-hybridized carbons (Fsp3) is 0.0526. The summed E-state index contributed by atoms with van der Waals surface area (Å²) in [5.74, 6) is 3.45. The van der Waals surface area contributed by atoms with E-state index in [9.17, 15) is 0 Å². The van der Waals surface area contributed by atoms with E-state index in [2.05, 4.69) is 112 Å². The van der Waals surface area contributed by atoms with Gasteiger partial charge in [-0.15, -0.1) is 0 Å². The molecule has 9 rings (SSSR count). The van der Waals surface area contributed by atoms with Crippen LogP contribution in [0, 0.1) is 0 Å². The highest BCUT2D eigenvalue weighted by molar-refractivity contribution is 5.87. The van der Waals surface area contributed by atoms with Crippen LogP contribution in [0.3, 0.4) is 0 Å². The summed E-state index contributed by atoms with van der Waals surface area (Å²) in [5.41, 5.74) is 8.96. The Balaban J connectivity index is 0.975. The molecule has 2 unspecified atom stereocenters. The van der Waals surface area contributed by atoms with Crippen LogP contribution >= 0.6 is 0 Å². The summed E-state index contributed by atoms with van der Waals surface area (Å²) in [6.07, 6.45) is 0. The zero-order valence-electron chi connectivity index (χ0n) is 23.2. The normalized spacial score (nSPS) is 17.5. The Bertz CT molecular complexity index is 1750. The molecule has 0 spiro atoms. The Morgan fingerprint density at radius 3 is 1.00 bits per heavy atom. The quantitative estimate of drug-likeness (QED) is 0.218. The van der Waals surface area contributed by atoms with Crippen LogP contribution in [-0.4, -0.2) is 0 Å². The lowest BCUT2D eigenvalue weighted by molar-refractivity contribution is 0.476. The first-order valence-electron chi connectivity index (χ1n) is 14.6. The zero-order chi connectivity index (χ0) is 28.3. The van der Waals surface area contributed by atoms with Crippen LogP contribution < -0.4 is 24.6 Å². The van der Waals surface area contributed by atoms with Gasteiger partial charge in [-0.05, 0) is 83.9 Å². The second-order valence-corrected chi connectivity index (χ2v) is 11.1. The van der Waals surface area contributed by atoms with Gasteiger partial charge in [-0.2, -0.15) is 0 Å². The highest BCUT2D eigenvalue weighted by Gasteiger charge is 2.39. The van der Waals surface area contributed by atoms with Gasteiger partial charge in [-0.1, -0.05) is 72.8 Å². The van der Waals surface area contributed by atoms with Crippen LogP contribution in [-0.2, 0) is 0 Å². The first-order chi connectivity index (χ1) is 21.3. The van der Waals surface area contributed by atoms with Gasteiger partial charge in [-0.3, -0.25) is 5.32 Å². The molecule has 3 aliphatic rings. The van der Waals surface area contributed by atoms with E-state index in [4.69, 9.17) is 9.47 Å². The molecule has 0 radical (unpaired) electrons. The number of para-hydroxylation sites is 8. The van der Waals surface area contributed by atoms with Crippen molar-refractivity contribution in [2.24, 2.45) is 0 Å². The highest BCUT2D eigenvalue weighted by atomic mass is 16.5. The molecule has 5 heteroatoms. The van der Waals surface area contributed by atoms with Gasteiger partial charge in [0.15, 0.2) is 23.0 Å². The van der Waals surface area contributed by atoms with Crippen LogP contribution in [0.15, 0.2) is 146 Å². The van der Waals surface area contributed by atoms with E-state index in [-0.39, 0.29) is 12.1 Å². The predicted molar refractivity (Wildman–Crippen MR) is 171 cm³/mol. The van der Waals surface area contributed by atoms with Crippen molar-refractivity contribution in [2.45, 2.75) is 12.1 Å². The first kappa shape index (κ1) is 24.1. The lowest BCUT2D eigenvalue weighted by Gasteiger charge is -2.32. The third-order valence-electron chi connectivity index (χ3n) is 8.47. The van der Waals surface area contributed by atoms with E-state index in [0.29, 0.717) is 0 Å². The Kier molecular flexibility index (Phi) is 5.33. The van der Waals surface area contributed by atoms with Crippen molar-refractivity contribution in [1.82, 2.24) is 5.32 Å². The number of hydrogen-bond acceptors (Lipinski definition) is 5. The molecule has 1 N–H and O–H groups in total. The van der Waals surface area contributed by atoms with Crippen molar-refractivity contribution in [2.75, 3.05) is 9.80 Å². The van der Waals surface area contributed by atoms with Crippen molar-refractivity contribution in [3.05, 3.63) is 157 Å². The summed E-state index contributed by atoms with van der Waals surface area (Å²) in [5, 5.41) is 3.69. The van der Waals surface area contributed by atoms with E-state index in [1.807, 2.05) is 48.5 Å². The molecule has 3 aliphatic heterocycles. The Morgan fingerprint density at radius 2 is 0.674 bits per heavy atom. The van der Waals surface area contributed by atoms with Crippen LogP contribution in [0.5, 0.6) is 23.0 Å². The minimum atomic E-state index is 0.286. The average Bonchev–Trinajstić information content (AvgIpc) is 3.87. The second kappa shape index (κ2) is 9.51. The maximum Gasteiger partial charge on any atom is 0.151 e. The molecule has 0 aliphatic carbocycles. The van der Waals surface area contributed by atoms with Crippen molar-refractivity contribution in [3.63, 3.8) is 0 Å². The van der Waals surface area contributed by atoms with Gasteiger partial charge >= 0.3 is 0 Å². The van der Waals surface area contributed by atoms with Crippen molar-refractivity contribution < 1.29 is 9.47 Å². The lowest BCUT2D eigenvalue weighted by Crippen LogP contribution is -2.15. The number of anilines is 6. The third-order valence-corrected chi connectivity index (χ3v) is 8.47. The van der Waals surface area contributed by atoms with E-state index in [1.54, 1.807) is 0 Å². The predicted octanol–water partition coefficient (Wildman–Crippen LogP) is 10.2. The van der Waals surface area contributed by atoms with Crippen LogP contribution in [0.25, 0.3) is 0 Å². The Hall–Kier alpha value is -5.52. The summed E-state index contributed by atoms with van der Waals surface area (Å²) in [7, 11) is 0. The highest BCUT2D eigenvalue weighted by Crippen LogP contribution is 2.52. The molecule has 5 nitrogen and oxygen atoms in total. The maximum absolute atomic E-state index is 6.19. The topological polar surface area (TPSA) is 46.9 Å². The average molecular weight is 558 g/mol. The van der Waals surface area contributed by atoms with Gasteiger partial charge in [0.25, 0.3) is 0 Å². The van der Waals surface area contributed by atoms with E-state index in [0.717, 1.165) is 57.1 Å².